The summed E-state index contributed by atoms with van der Waals surface area (Å²) in [4.78, 5) is 14.5. The Hall–Kier alpha value is -1.46. The Bertz CT molecular complexity index is 520. The van der Waals surface area contributed by atoms with E-state index >= 15 is 0 Å². The molecule has 1 unspecified atom stereocenters. The standard InChI is InChI=1S/C15H21ClN2O3/c1-20-9-10-4-3-5-18(8-10)15(19)11-6-12(16)13(17)7-14(11)21-2/h6-7,10H,3-5,8-9,17H2,1-2H3. The zero-order valence-corrected chi connectivity index (χ0v) is 13.2. The molecule has 6 heteroatoms. The minimum atomic E-state index is -0.0745. The molecule has 116 valence electrons. The first kappa shape index (κ1) is 15.9. The summed E-state index contributed by atoms with van der Waals surface area (Å²) in [7, 11) is 3.20. The van der Waals surface area contributed by atoms with Crippen molar-refractivity contribution in [2.24, 2.45) is 5.92 Å². The van der Waals surface area contributed by atoms with E-state index in [1.54, 1.807) is 19.2 Å². The first-order chi connectivity index (χ1) is 10.1. The molecule has 2 N–H and O–H groups in total. The van der Waals surface area contributed by atoms with E-state index in [9.17, 15) is 4.79 Å². The second-order valence-corrected chi connectivity index (χ2v) is 5.70. The zero-order valence-electron chi connectivity index (χ0n) is 12.4. The Kier molecular flexibility index (Phi) is 5.31. The van der Waals surface area contributed by atoms with Crippen molar-refractivity contribution in [3.63, 3.8) is 0 Å². The number of methoxy groups -OCH3 is 2. The molecule has 1 atom stereocenters. The Balaban J connectivity index is 2.21. The smallest absolute Gasteiger partial charge is 0.257 e. The van der Waals surface area contributed by atoms with Crippen LogP contribution in [0.1, 0.15) is 23.2 Å². The van der Waals surface area contributed by atoms with E-state index in [-0.39, 0.29) is 5.91 Å². The maximum absolute atomic E-state index is 12.7. The van der Waals surface area contributed by atoms with Crippen molar-refractivity contribution in [2.45, 2.75) is 12.8 Å². The van der Waals surface area contributed by atoms with Crippen LogP contribution in [0.15, 0.2) is 12.1 Å². The van der Waals surface area contributed by atoms with Gasteiger partial charge in [-0.1, -0.05) is 11.6 Å². The van der Waals surface area contributed by atoms with Crippen molar-refractivity contribution in [3.8, 4) is 5.75 Å². The van der Waals surface area contributed by atoms with Crippen molar-refractivity contribution < 1.29 is 14.3 Å². The van der Waals surface area contributed by atoms with Crippen LogP contribution in [0.25, 0.3) is 0 Å². The highest BCUT2D eigenvalue weighted by atomic mass is 35.5. The van der Waals surface area contributed by atoms with Gasteiger partial charge in [0.05, 0.1) is 30.0 Å². The van der Waals surface area contributed by atoms with E-state index in [0.29, 0.717) is 41.1 Å². The molecule has 1 aliphatic rings. The number of rotatable bonds is 4. The summed E-state index contributed by atoms with van der Waals surface area (Å²) >= 11 is 6.03. The van der Waals surface area contributed by atoms with Crippen LogP contribution >= 0.6 is 11.6 Å². The van der Waals surface area contributed by atoms with E-state index in [2.05, 4.69) is 0 Å². The fourth-order valence-electron chi connectivity index (χ4n) is 2.70. The summed E-state index contributed by atoms with van der Waals surface area (Å²) in [6.45, 7) is 2.10. The highest BCUT2D eigenvalue weighted by molar-refractivity contribution is 6.33. The number of likely N-dealkylation sites (tertiary alicyclic amines) is 1. The Morgan fingerprint density at radius 1 is 1.48 bits per heavy atom. The number of nitrogen functional groups attached to an aromatic ring is 1. The van der Waals surface area contributed by atoms with Gasteiger partial charge in [0.1, 0.15) is 5.75 Å². The maximum atomic E-state index is 12.7. The number of carbonyl (C=O) groups is 1. The summed E-state index contributed by atoms with van der Waals surface area (Å²) in [6, 6.07) is 3.17. The molecule has 1 fully saturated rings. The minimum absolute atomic E-state index is 0.0745. The molecule has 1 aromatic carbocycles. The lowest BCUT2D eigenvalue weighted by atomic mass is 9.98. The summed E-state index contributed by atoms with van der Waals surface area (Å²) < 4.78 is 10.5. The highest BCUT2D eigenvalue weighted by Gasteiger charge is 2.26. The topological polar surface area (TPSA) is 64.8 Å². The SMILES string of the molecule is COCC1CCCN(C(=O)c2cc(Cl)c(N)cc2OC)C1. The molecular formula is C15H21ClN2O3. The van der Waals surface area contributed by atoms with Gasteiger partial charge in [-0.25, -0.2) is 0 Å². The van der Waals surface area contributed by atoms with Crippen LogP contribution in [-0.4, -0.2) is 44.7 Å². The minimum Gasteiger partial charge on any atom is -0.496 e. The van der Waals surface area contributed by atoms with Crippen LogP contribution in [0.5, 0.6) is 5.75 Å². The molecule has 0 saturated carbocycles. The number of ether oxygens (including phenoxy) is 2. The third-order valence-corrected chi connectivity index (χ3v) is 4.09. The second kappa shape index (κ2) is 7.00. The van der Waals surface area contributed by atoms with Gasteiger partial charge in [0.25, 0.3) is 5.91 Å². The quantitative estimate of drug-likeness (QED) is 0.867. The zero-order chi connectivity index (χ0) is 15.4. The van der Waals surface area contributed by atoms with E-state index in [0.717, 1.165) is 19.4 Å². The number of benzene rings is 1. The molecule has 0 aromatic heterocycles. The lowest BCUT2D eigenvalue weighted by Crippen LogP contribution is -2.41. The van der Waals surface area contributed by atoms with Gasteiger partial charge in [-0.2, -0.15) is 0 Å². The number of nitrogens with zero attached hydrogens (tertiary/aromatic N) is 1. The van der Waals surface area contributed by atoms with Gasteiger partial charge in [-0.05, 0) is 24.8 Å². The lowest BCUT2D eigenvalue weighted by Gasteiger charge is -2.32. The molecular weight excluding hydrogens is 292 g/mol. The Morgan fingerprint density at radius 3 is 2.90 bits per heavy atom. The van der Waals surface area contributed by atoms with Gasteiger partial charge in [0, 0.05) is 26.3 Å². The average molecular weight is 313 g/mol. The second-order valence-electron chi connectivity index (χ2n) is 5.29. The summed E-state index contributed by atoms with van der Waals surface area (Å²) in [5.41, 5.74) is 6.61. The number of hydrogen-bond acceptors (Lipinski definition) is 4. The van der Waals surface area contributed by atoms with Gasteiger partial charge < -0.3 is 20.1 Å². The molecule has 0 radical (unpaired) electrons. The number of piperidine rings is 1. The van der Waals surface area contributed by atoms with E-state index < -0.39 is 0 Å². The molecule has 1 aliphatic heterocycles. The third kappa shape index (κ3) is 3.60. The van der Waals surface area contributed by atoms with Crippen LogP contribution in [0.4, 0.5) is 5.69 Å². The first-order valence-electron chi connectivity index (χ1n) is 6.98. The summed E-state index contributed by atoms with van der Waals surface area (Å²) in [5.74, 6) is 0.758. The monoisotopic (exact) mass is 312 g/mol. The number of halogens is 1. The third-order valence-electron chi connectivity index (χ3n) is 3.76. The molecule has 2 rings (SSSR count). The van der Waals surface area contributed by atoms with Crippen LogP contribution in [0.3, 0.4) is 0 Å². The van der Waals surface area contributed by atoms with Gasteiger partial charge in [-0.3, -0.25) is 4.79 Å². The largest absolute Gasteiger partial charge is 0.496 e. The highest BCUT2D eigenvalue weighted by Crippen LogP contribution is 2.30. The molecule has 5 nitrogen and oxygen atoms in total. The lowest BCUT2D eigenvalue weighted by molar-refractivity contribution is 0.0568. The normalized spacial score (nSPS) is 18.6. The maximum Gasteiger partial charge on any atom is 0.257 e. The number of nitrogens with two attached hydrogens (primary N) is 1. The van der Waals surface area contributed by atoms with E-state index in [4.69, 9.17) is 26.8 Å². The van der Waals surface area contributed by atoms with Crippen molar-refractivity contribution in [1.29, 1.82) is 0 Å². The van der Waals surface area contributed by atoms with Crippen molar-refractivity contribution in [3.05, 3.63) is 22.7 Å². The van der Waals surface area contributed by atoms with Crippen LogP contribution in [0.2, 0.25) is 5.02 Å². The van der Waals surface area contributed by atoms with Gasteiger partial charge in [0.2, 0.25) is 0 Å². The van der Waals surface area contributed by atoms with Gasteiger partial charge >= 0.3 is 0 Å². The number of amides is 1. The Morgan fingerprint density at radius 2 is 2.24 bits per heavy atom. The molecule has 1 amide bonds. The number of carbonyl (C=O) groups excluding carboxylic acids is 1. The average Bonchev–Trinajstić information content (AvgIpc) is 2.49. The van der Waals surface area contributed by atoms with Crippen LogP contribution in [0, 0.1) is 5.92 Å². The fraction of sp³-hybridized carbons (Fsp3) is 0.533. The molecule has 0 spiro atoms. The van der Waals surface area contributed by atoms with Crippen LogP contribution < -0.4 is 10.5 Å². The molecule has 21 heavy (non-hydrogen) atoms. The van der Waals surface area contributed by atoms with Crippen molar-refractivity contribution in [2.75, 3.05) is 39.6 Å². The van der Waals surface area contributed by atoms with Crippen molar-refractivity contribution >= 4 is 23.2 Å². The van der Waals surface area contributed by atoms with Crippen LogP contribution in [-0.2, 0) is 4.74 Å². The molecule has 1 saturated heterocycles. The first-order valence-corrected chi connectivity index (χ1v) is 7.35. The molecule has 1 aromatic rings. The molecule has 0 aliphatic carbocycles. The number of hydrogen-bond donors (Lipinski definition) is 1. The van der Waals surface area contributed by atoms with E-state index in [1.807, 2.05) is 4.90 Å². The fourth-order valence-corrected chi connectivity index (χ4v) is 2.86. The molecule has 1 heterocycles. The number of anilines is 1. The molecule has 0 bridgehead atoms. The van der Waals surface area contributed by atoms with Gasteiger partial charge in [0.15, 0.2) is 0 Å². The summed E-state index contributed by atoms with van der Waals surface area (Å²) in [5, 5.41) is 0.365. The van der Waals surface area contributed by atoms with E-state index in [1.165, 1.54) is 7.11 Å². The summed E-state index contributed by atoms with van der Waals surface area (Å²) in [6.07, 6.45) is 2.06. The predicted molar refractivity (Wildman–Crippen MR) is 82.9 cm³/mol. The predicted octanol–water partition coefficient (Wildman–Crippen LogP) is 2.43. The van der Waals surface area contributed by atoms with Gasteiger partial charge in [-0.15, -0.1) is 0 Å². The Labute approximate surface area is 130 Å². The van der Waals surface area contributed by atoms with Crippen molar-refractivity contribution in [1.82, 2.24) is 4.90 Å².